The van der Waals surface area contributed by atoms with E-state index in [4.69, 9.17) is 14.2 Å². The quantitative estimate of drug-likeness (QED) is 0.460. The van der Waals surface area contributed by atoms with Crippen LogP contribution in [0.3, 0.4) is 0 Å². The van der Waals surface area contributed by atoms with Crippen LogP contribution in [-0.4, -0.2) is 51.1 Å². The highest BCUT2D eigenvalue weighted by atomic mass is 16.5. The molecule has 0 unspecified atom stereocenters. The number of nitrogens with zero attached hydrogens (tertiary/aromatic N) is 1. The summed E-state index contributed by atoms with van der Waals surface area (Å²) in [5.74, 6) is -0.580. The zero-order chi connectivity index (χ0) is 16.9. The molecule has 6 nitrogen and oxygen atoms in total. The molecule has 0 radical (unpaired) electrons. The van der Waals surface area contributed by atoms with Crippen molar-refractivity contribution in [3.05, 3.63) is 22.9 Å². The summed E-state index contributed by atoms with van der Waals surface area (Å²) in [5.41, 5.74) is 1.90. The van der Waals surface area contributed by atoms with Crippen molar-refractivity contribution < 1.29 is 23.9 Å². The zero-order valence-corrected chi connectivity index (χ0v) is 14.1. The van der Waals surface area contributed by atoms with Gasteiger partial charge in [-0.25, -0.2) is 4.79 Å². The number of nitriles is 1. The first-order valence-electron chi connectivity index (χ1n) is 8.04. The van der Waals surface area contributed by atoms with E-state index in [0.717, 1.165) is 38.3 Å². The van der Waals surface area contributed by atoms with Gasteiger partial charge in [0.25, 0.3) is 0 Å². The Hall–Kier alpha value is -1.68. The van der Waals surface area contributed by atoms with Gasteiger partial charge in [-0.15, -0.1) is 0 Å². The molecule has 2 rings (SSSR count). The molecule has 0 atom stereocenters. The van der Waals surface area contributed by atoms with Crippen LogP contribution in [0.4, 0.5) is 0 Å². The molecule has 126 valence electrons. The molecule has 6 heteroatoms. The second-order valence-corrected chi connectivity index (χ2v) is 6.34. The third-order valence-electron chi connectivity index (χ3n) is 4.07. The first-order chi connectivity index (χ1) is 11.0. The molecule has 0 spiro atoms. The minimum Gasteiger partial charge on any atom is -0.462 e. The summed E-state index contributed by atoms with van der Waals surface area (Å²) in [6, 6.07) is 1.94. The number of hydrogen-bond acceptors (Lipinski definition) is 5. The molecular formula is C17H25N2O4+. The molecule has 0 bridgehead atoms. The molecule has 0 saturated carbocycles. The van der Waals surface area contributed by atoms with Crippen LogP contribution in [0.1, 0.15) is 27.2 Å². The lowest BCUT2D eigenvalue weighted by Gasteiger charge is -2.36. The normalized spacial score (nSPS) is 22.6. The highest BCUT2D eigenvalue weighted by Gasteiger charge is 2.34. The van der Waals surface area contributed by atoms with Gasteiger partial charge in [0, 0.05) is 5.57 Å². The summed E-state index contributed by atoms with van der Waals surface area (Å²) in [4.78, 5) is 13.2. The molecule has 23 heavy (non-hydrogen) atoms. The Morgan fingerprint density at radius 2 is 2.13 bits per heavy atom. The Morgan fingerprint density at radius 1 is 1.43 bits per heavy atom. The van der Waals surface area contributed by atoms with E-state index in [1.165, 1.54) is 10.6 Å². The second kappa shape index (κ2) is 7.73. The van der Waals surface area contributed by atoms with E-state index in [1.54, 1.807) is 13.0 Å². The third-order valence-corrected chi connectivity index (χ3v) is 4.07. The minimum absolute atomic E-state index is 0.0234. The maximum Gasteiger partial charge on any atom is 0.348 e. The van der Waals surface area contributed by atoms with Crippen LogP contribution in [0, 0.1) is 11.3 Å². The van der Waals surface area contributed by atoms with Gasteiger partial charge in [0.2, 0.25) is 0 Å². The van der Waals surface area contributed by atoms with Crippen molar-refractivity contribution in [2.45, 2.75) is 32.8 Å². The van der Waals surface area contributed by atoms with Gasteiger partial charge >= 0.3 is 5.97 Å². The lowest BCUT2D eigenvalue weighted by Crippen LogP contribution is -3.12. The van der Waals surface area contributed by atoms with Gasteiger partial charge in [0.05, 0.1) is 38.4 Å². The summed E-state index contributed by atoms with van der Waals surface area (Å²) < 4.78 is 16.2. The molecular weight excluding hydrogens is 296 g/mol. The van der Waals surface area contributed by atoms with Crippen molar-refractivity contribution >= 4 is 5.97 Å². The number of hydrogen-bond donors (Lipinski definition) is 1. The van der Waals surface area contributed by atoms with Crippen LogP contribution in [0.15, 0.2) is 22.9 Å². The van der Waals surface area contributed by atoms with Gasteiger partial charge in [-0.2, -0.15) is 5.26 Å². The van der Waals surface area contributed by atoms with Crippen molar-refractivity contribution in [1.29, 1.82) is 5.26 Å². The van der Waals surface area contributed by atoms with Crippen molar-refractivity contribution in [3.8, 4) is 6.07 Å². The highest BCUT2D eigenvalue weighted by molar-refractivity contribution is 5.93. The maximum absolute atomic E-state index is 11.9. The molecule has 0 aromatic carbocycles. The number of esters is 1. The Morgan fingerprint density at radius 3 is 2.74 bits per heavy atom. The highest BCUT2D eigenvalue weighted by Crippen LogP contribution is 2.27. The number of quaternary nitrogens is 1. The third kappa shape index (κ3) is 4.64. The van der Waals surface area contributed by atoms with Crippen LogP contribution in [0.2, 0.25) is 0 Å². The van der Waals surface area contributed by atoms with Gasteiger partial charge in [-0.3, -0.25) is 0 Å². The largest absolute Gasteiger partial charge is 0.462 e. The Balaban J connectivity index is 2.34. The lowest BCUT2D eigenvalue weighted by molar-refractivity contribution is -0.872. The Labute approximate surface area is 137 Å². The molecule has 0 amide bonds. The summed E-state index contributed by atoms with van der Waals surface area (Å²) in [6.45, 7) is 9.73. The fourth-order valence-electron chi connectivity index (χ4n) is 2.87. The number of ether oxygens (including phenoxy) is 3. The van der Waals surface area contributed by atoms with Crippen molar-refractivity contribution in [3.63, 3.8) is 0 Å². The second-order valence-electron chi connectivity index (χ2n) is 6.34. The summed E-state index contributed by atoms with van der Waals surface area (Å²) >= 11 is 0. The number of rotatable bonds is 4. The monoisotopic (exact) mass is 321 g/mol. The van der Waals surface area contributed by atoms with Crippen LogP contribution >= 0.6 is 0 Å². The standard InChI is InChI=1S/C17H24N2O4/c1-4-22-16(20)13(11-18)9-14-12-23-17(2,3)10-15(14)19-5-7-21-8-6-19/h9H,4-8,10,12H2,1-3H3/p+1/b13-9+. The smallest absolute Gasteiger partial charge is 0.348 e. The van der Waals surface area contributed by atoms with Crippen molar-refractivity contribution in [1.82, 2.24) is 0 Å². The number of carbonyl (C=O) groups excluding carboxylic acids is 1. The van der Waals surface area contributed by atoms with Gasteiger partial charge in [0.15, 0.2) is 0 Å². The van der Waals surface area contributed by atoms with Gasteiger partial charge in [0.1, 0.15) is 30.4 Å². The van der Waals surface area contributed by atoms with Gasteiger partial charge in [-0.1, -0.05) is 0 Å². The molecule has 0 aliphatic carbocycles. The van der Waals surface area contributed by atoms with E-state index in [2.05, 4.69) is 13.8 Å². The SMILES string of the molecule is CCOC(=O)/C(C#N)=C/C1=C([NH+]2CCOCC2)CC(C)(C)OC1. The summed E-state index contributed by atoms with van der Waals surface area (Å²) in [6.07, 6.45) is 2.40. The van der Waals surface area contributed by atoms with E-state index in [0.29, 0.717) is 6.61 Å². The molecule has 1 N–H and O–H groups in total. The molecule has 1 fully saturated rings. The van der Waals surface area contributed by atoms with Gasteiger partial charge in [-0.05, 0) is 26.8 Å². The average Bonchev–Trinajstić information content (AvgIpc) is 2.54. The fourth-order valence-corrected chi connectivity index (χ4v) is 2.87. The molecule has 2 heterocycles. The number of nitrogens with one attached hydrogen (secondary N) is 1. The predicted octanol–water partition coefficient (Wildman–Crippen LogP) is 0.368. The zero-order valence-electron chi connectivity index (χ0n) is 14.1. The van der Waals surface area contributed by atoms with Crippen LogP contribution < -0.4 is 4.90 Å². The van der Waals surface area contributed by atoms with Crippen LogP contribution in [-0.2, 0) is 19.0 Å². The lowest BCUT2D eigenvalue weighted by atomic mass is 9.94. The van der Waals surface area contributed by atoms with Gasteiger partial charge < -0.3 is 19.1 Å². The Bertz CT molecular complexity index is 551. The van der Waals surface area contributed by atoms with Crippen molar-refractivity contribution in [2.24, 2.45) is 0 Å². The van der Waals surface area contributed by atoms with E-state index < -0.39 is 5.97 Å². The summed E-state index contributed by atoms with van der Waals surface area (Å²) in [7, 11) is 0. The first kappa shape index (κ1) is 17.7. The summed E-state index contributed by atoms with van der Waals surface area (Å²) in [5, 5.41) is 9.24. The van der Waals surface area contributed by atoms with E-state index >= 15 is 0 Å². The first-order valence-corrected chi connectivity index (χ1v) is 8.04. The number of carbonyl (C=O) groups is 1. The van der Waals surface area contributed by atoms with E-state index in [9.17, 15) is 10.1 Å². The van der Waals surface area contributed by atoms with E-state index in [-0.39, 0.29) is 17.8 Å². The van der Waals surface area contributed by atoms with Crippen LogP contribution in [0.5, 0.6) is 0 Å². The molecule has 1 saturated heterocycles. The van der Waals surface area contributed by atoms with E-state index in [1.807, 2.05) is 6.07 Å². The molecule has 0 aromatic rings. The molecule has 2 aliphatic rings. The van der Waals surface area contributed by atoms with Crippen LogP contribution in [0.25, 0.3) is 0 Å². The average molecular weight is 321 g/mol. The van der Waals surface area contributed by atoms with Crippen molar-refractivity contribution in [2.75, 3.05) is 39.5 Å². The predicted molar refractivity (Wildman–Crippen MR) is 83.5 cm³/mol. The fraction of sp³-hybridized carbons (Fsp3) is 0.647. The maximum atomic E-state index is 11.9. The molecule has 0 aromatic heterocycles. The molecule has 2 aliphatic heterocycles. The minimum atomic E-state index is -0.580. The Kier molecular flexibility index (Phi) is 5.94. The topological polar surface area (TPSA) is 73.0 Å². The number of morpholine rings is 1.